The Balaban J connectivity index is 2.76. The fourth-order valence-corrected chi connectivity index (χ4v) is 1.49. The highest BCUT2D eigenvalue weighted by molar-refractivity contribution is 6.30. The van der Waals surface area contributed by atoms with Crippen molar-refractivity contribution in [3.63, 3.8) is 0 Å². The van der Waals surface area contributed by atoms with Crippen molar-refractivity contribution in [1.29, 1.82) is 0 Å². The van der Waals surface area contributed by atoms with Crippen LogP contribution in [0.1, 0.15) is 12.5 Å². The molecule has 1 aromatic rings. The molecule has 0 amide bonds. The molecular formula is C11H15ClFNO. The first-order valence-corrected chi connectivity index (χ1v) is 5.15. The summed E-state index contributed by atoms with van der Waals surface area (Å²) in [5.74, 6) is -0.391. The summed E-state index contributed by atoms with van der Waals surface area (Å²) in [6.07, 6.45) is 0.310. The second-order valence-corrected chi connectivity index (χ2v) is 3.93. The number of halogens is 2. The van der Waals surface area contributed by atoms with Crippen LogP contribution in [0.4, 0.5) is 4.39 Å². The number of nitrogens with two attached hydrogens (primary N) is 1. The summed E-state index contributed by atoms with van der Waals surface area (Å²) >= 11 is 5.66. The van der Waals surface area contributed by atoms with Crippen molar-refractivity contribution in [3.8, 4) is 0 Å². The Labute approximate surface area is 94.2 Å². The van der Waals surface area contributed by atoms with E-state index < -0.39 is 5.82 Å². The van der Waals surface area contributed by atoms with E-state index in [1.165, 1.54) is 6.07 Å². The molecule has 0 saturated heterocycles. The minimum atomic E-state index is -0.391. The van der Waals surface area contributed by atoms with Gasteiger partial charge in [0.25, 0.3) is 0 Å². The molecular weight excluding hydrogens is 217 g/mol. The van der Waals surface area contributed by atoms with E-state index in [-0.39, 0.29) is 17.2 Å². The number of hydrogen-bond donors (Lipinski definition) is 1. The number of benzene rings is 1. The van der Waals surface area contributed by atoms with Crippen LogP contribution in [0.3, 0.4) is 0 Å². The minimum absolute atomic E-state index is 0.108. The van der Waals surface area contributed by atoms with Crippen LogP contribution < -0.4 is 5.73 Å². The summed E-state index contributed by atoms with van der Waals surface area (Å²) in [6, 6.07) is 4.68. The summed E-state index contributed by atoms with van der Waals surface area (Å²) in [5.41, 5.74) is 6.37. The standard InChI is InChI=1S/C11H15ClFNO/c1-7(15-2)10(14)6-8-4-3-5-9(12)11(8)13/h3-5,7,10H,6,14H2,1-2H3. The van der Waals surface area contributed by atoms with Gasteiger partial charge in [0.2, 0.25) is 0 Å². The third-order valence-electron chi connectivity index (χ3n) is 2.46. The number of methoxy groups -OCH3 is 1. The van der Waals surface area contributed by atoms with Gasteiger partial charge < -0.3 is 10.5 Å². The van der Waals surface area contributed by atoms with Crippen LogP contribution in [0.25, 0.3) is 0 Å². The average Bonchev–Trinajstić information content (AvgIpc) is 2.23. The molecule has 0 aliphatic rings. The van der Waals surface area contributed by atoms with E-state index >= 15 is 0 Å². The van der Waals surface area contributed by atoms with Crippen LogP contribution in [-0.4, -0.2) is 19.3 Å². The molecule has 2 N–H and O–H groups in total. The van der Waals surface area contributed by atoms with Crippen molar-refractivity contribution in [3.05, 3.63) is 34.6 Å². The Kier molecular flexibility index (Phi) is 4.51. The molecule has 2 unspecified atom stereocenters. The molecule has 0 aliphatic carbocycles. The summed E-state index contributed by atoms with van der Waals surface area (Å²) in [5, 5.41) is 0.129. The Morgan fingerprint density at radius 3 is 2.80 bits per heavy atom. The Morgan fingerprint density at radius 2 is 2.20 bits per heavy atom. The van der Waals surface area contributed by atoms with E-state index in [9.17, 15) is 4.39 Å². The molecule has 2 atom stereocenters. The first-order chi connectivity index (χ1) is 7.06. The van der Waals surface area contributed by atoms with Crippen molar-refractivity contribution in [1.82, 2.24) is 0 Å². The van der Waals surface area contributed by atoms with Gasteiger partial charge in [-0.15, -0.1) is 0 Å². The van der Waals surface area contributed by atoms with Crippen LogP contribution in [0.15, 0.2) is 18.2 Å². The van der Waals surface area contributed by atoms with Gasteiger partial charge in [-0.25, -0.2) is 4.39 Å². The SMILES string of the molecule is COC(C)C(N)Cc1cccc(Cl)c1F. The van der Waals surface area contributed by atoms with Crippen molar-refractivity contribution in [2.45, 2.75) is 25.5 Å². The smallest absolute Gasteiger partial charge is 0.145 e. The number of hydrogen-bond acceptors (Lipinski definition) is 2. The first-order valence-electron chi connectivity index (χ1n) is 4.77. The molecule has 2 nitrogen and oxygen atoms in total. The first kappa shape index (κ1) is 12.4. The summed E-state index contributed by atoms with van der Waals surface area (Å²) in [7, 11) is 1.58. The number of rotatable bonds is 4. The quantitative estimate of drug-likeness (QED) is 0.864. The molecule has 84 valence electrons. The van der Waals surface area contributed by atoms with E-state index in [4.69, 9.17) is 22.1 Å². The van der Waals surface area contributed by atoms with Gasteiger partial charge in [-0.2, -0.15) is 0 Å². The van der Waals surface area contributed by atoms with Crippen LogP contribution in [0.5, 0.6) is 0 Å². The van der Waals surface area contributed by atoms with E-state index in [1.807, 2.05) is 6.92 Å². The van der Waals surface area contributed by atoms with Gasteiger partial charge in [0.15, 0.2) is 0 Å². The van der Waals surface area contributed by atoms with Crippen LogP contribution in [0.2, 0.25) is 5.02 Å². The topological polar surface area (TPSA) is 35.2 Å². The van der Waals surface area contributed by atoms with E-state index in [0.29, 0.717) is 12.0 Å². The molecule has 4 heteroatoms. The maximum atomic E-state index is 13.5. The molecule has 0 fully saturated rings. The maximum absolute atomic E-state index is 13.5. The van der Waals surface area contributed by atoms with Gasteiger partial charge >= 0.3 is 0 Å². The summed E-state index contributed by atoms with van der Waals surface area (Å²) in [6.45, 7) is 1.85. The number of ether oxygens (including phenoxy) is 1. The highest BCUT2D eigenvalue weighted by Crippen LogP contribution is 2.19. The lowest BCUT2D eigenvalue weighted by Gasteiger charge is -2.18. The zero-order chi connectivity index (χ0) is 11.4. The molecule has 15 heavy (non-hydrogen) atoms. The van der Waals surface area contributed by atoms with E-state index in [0.717, 1.165) is 0 Å². The van der Waals surface area contributed by atoms with Gasteiger partial charge in [0.05, 0.1) is 11.1 Å². The Morgan fingerprint density at radius 1 is 1.53 bits per heavy atom. The zero-order valence-electron chi connectivity index (χ0n) is 8.84. The predicted octanol–water partition coefficient (Wildman–Crippen LogP) is 2.38. The Bertz CT molecular complexity index is 332. The third-order valence-corrected chi connectivity index (χ3v) is 2.75. The summed E-state index contributed by atoms with van der Waals surface area (Å²) in [4.78, 5) is 0. The van der Waals surface area contributed by atoms with Gasteiger partial charge in [0, 0.05) is 13.2 Å². The van der Waals surface area contributed by atoms with Gasteiger partial charge in [-0.3, -0.25) is 0 Å². The molecule has 0 aromatic heterocycles. The third kappa shape index (κ3) is 3.16. The zero-order valence-corrected chi connectivity index (χ0v) is 9.59. The molecule has 0 aliphatic heterocycles. The van der Waals surface area contributed by atoms with Crippen LogP contribution in [0, 0.1) is 5.82 Å². The fraction of sp³-hybridized carbons (Fsp3) is 0.455. The molecule has 0 radical (unpaired) electrons. The fourth-order valence-electron chi connectivity index (χ4n) is 1.30. The molecule has 0 spiro atoms. The molecule has 0 heterocycles. The lowest BCUT2D eigenvalue weighted by molar-refractivity contribution is 0.0953. The van der Waals surface area contributed by atoms with E-state index in [1.54, 1.807) is 19.2 Å². The highest BCUT2D eigenvalue weighted by Gasteiger charge is 2.15. The van der Waals surface area contributed by atoms with Crippen LogP contribution >= 0.6 is 11.6 Å². The largest absolute Gasteiger partial charge is 0.380 e. The summed E-state index contributed by atoms with van der Waals surface area (Å²) < 4.78 is 18.6. The molecule has 0 saturated carbocycles. The normalized spacial score (nSPS) is 15.0. The van der Waals surface area contributed by atoms with E-state index in [2.05, 4.69) is 0 Å². The van der Waals surface area contributed by atoms with Gasteiger partial charge in [-0.05, 0) is 25.0 Å². The highest BCUT2D eigenvalue weighted by atomic mass is 35.5. The van der Waals surface area contributed by atoms with Gasteiger partial charge in [-0.1, -0.05) is 23.7 Å². The monoisotopic (exact) mass is 231 g/mol. The predicted molar refractivity (Wildman–Crippen MR) is 59.6 cm³/mol. The second-order valence-electron chi connectivity index (χ2n) is 3.52. The lowest BCUT2D eigenvalue weighted by atomic mass is 10.0. The van der Waals surface area contributed by atoms with Crippen molar-refractivity contribution < 1.29 is 9.13 Å². The molecule has 1 aromatic carbocycles. The minimum Gasteiger partial charge on any atom is -0.380 e. The van der Waals surface area contributed by atoms with Crippen molar-refractivity contribution in [2.75, 3.05) is 7.11 Å². The Hall–Kier alpha value is -0.640. The lowest BCUT2D eigenvalue weighted by Crippen LogP contribution is -2.36. The van der Waals surface area contributed by atoms with Gasteiger partial charge in [0.1, 0.15) is 5.82 Å². The van der Waals surface area contributed by atoms with Crippen LogP contribution in [-0.2, 0) is 11.2 Å². The second kappa shape index (κ2) is 5.45. The maximum Gasteiger partial charge on any atom is 0.145 e. The average molecular weight is 232 g/mol. The molecule has 1 rings (SSSR count). The van der Waals surface area contributed by atoms with Crippen molar-refractivity contribution in [2.24, 2.45) is 5.73 Å². The molecule has 0 bridgehead atoms. The van der Waals surface area contributed by atoms with Crippen molar-refractivity contribution >= 4 is 11.6 Å².